The van der Waals surface area contributed by atoms with Gasteiger partial charge in [0.05, 0.1) is 12.4 Å². The van der Waals surface area contributed by atoms with Crippen LogP contribution in [0, 0.1) is 0 Å². The summed E-state index contributed by atoms with van der Waals surface area (Å²) in [7, 11) is -1.75. The Morgan fingerprint density at radius 2 is 2.22 bits per heavy atom. The molecule has 1 unspecified atom stereocenters. The molecule has 1 saturated heterocycles. The SMILES string of the molecule is CCCS(=O)(=O)N1CCCC1C(=O)Nc1cccc(COC)c1. The Bertz CT molecular complexity index is 645. The van der Waals surface area contributed by atoms with E-state index in [1.54, 1.807) is 13.2 Å². The normalized spacial score (nSPS) is 19.0. The largest absolute Gasteiger partial charge is 0.380 e. The minimum Gasteiger partial charge on any atom is -0.380 e. The summed E-state index contributed by atoms with van der Waals surface area (Å²) in [5.74, 6) is -0.183. The molecule has 6 nitrogen and oxygen atoms in total. The Hall–Kier alpha value is -1.44. The van der Waals surface area contributed by atoms with Gasteiger partial charge in [0.25, 0.3) is 0 Å². The molecule has 1 aliphatic heterocycles. The molecule has 0 spiro atoms. The Morgan fingerprint density at radius 3 is 2.91 bits per heavy atom. The highest BCUT2D eigenvalue weighted by atomic mass is 32.2. The van der Waals surface area contributed by atoms with Crippen molar-refractivity contribution >= 4 is 21.6 Å². The molecule has 1 N–H and O–H groups in total. The number of carbonyl (C=O) groups is 1. The van der Waals surface area contributed by atoms with Crippen molar-refractivity contribution in [3.05, 3.63) is 29.8 Å². The molecule has 0 bridgehead atoms. The number of carbonyl (C=O) groups excluding carboxylic acids is 1. The standard InChI is InChI=1S/C16H24N2O4S/c1-3-10-23(20,21)18-9-5-8-15(18)16(19)17-14-7-4-6-13(11-14)12-22-2/h4,6-7,11,15H,3,5,8-10,12H2,1-2H3,(H,17,19). The first-order valence-corrected chi connectivity index (χ1v) is 9.47. The van der Waals surface area contributed by atoms with Gasteiger partial charge in [-0.05, 0) is 37.0 Å². The van der Waals surface area contributed by atoms with E-state index in [9.17, 15) is 13.2 Å². The average Bonchev–Trinajstić information content (AvgIpc) is 2.98. The zero-order valence-corrected chi connectivity index (χ0v) is 14.4. The number of anilines is 1. The predicted molar refractivity (Wildman–Crippen MR) is 89.6 cm³/mol. The van der Waals surface area contributed by atoms with E-state index in [0.29, 0.717) is 38.1 Å². The molecular weight excluding hydrogens is 316 g/mol. The topological polar surface area (TPSA) is 75.7 Å². The van der Waals surface area contributed by atoms with Gasteiger partial charge in [-0.3, -0.25) is 4.79 Å². The molecule has 1 heterocycles. The van der Waals surface area contributed by atoms with Crippen LogP contribution in [0.5, 0.6) is 0 Å². The van der Waals surface area contributed by atoms with E-state index >= 15 is 0 Å². The maximum atomic E-state index is 12.5. The minimum atomic E-state index is -3.36. The van der Waals surface area contributed by atoms with Gasteiger partial charge in [-0.2, -0.15) is 4.31 Å². The average molecular weight is 340 g/mol. The molecule has 23 heavy (non-hydrogen) atoms. The van der Waals surface area contributed by atoms with Gasteiger partial charge in [0.1, 0.15) is 6.04 Å². The maximum Gasteiger partial charge on any atom is 0.242 e. The van der Waals surface area contributed by atoms with E-state index in [2.05, 4.69) is 5.32 Å². The number of amides is 1. The van der Waals surface area contributed by atoms with Crippen LogP contribution in [0.2, 0.25) is 0 Å². The fraction of sp³-hybridized carbons (Fsp3) is 0.562. The van der Waals surface area contributed by atoms with Gasteiger partial charge >= 0.3 is 0 Å². The van der Waals surface area contributed by atoms with Gasteiger partial charge in [0, 0.05) is 19.3 Å². The number of nitrogens with zero attached hydrogens (tertiary/aromatic N) is 1. The number of nitrogens with one attached hydrogen (secondary N) is 1. The van der Waals surface area contributed by atoms with Crippen LogP contribution in [-0.4, -0.2) is 44.1 Å². The van der Waals surface area contributed by atoms with Gasteiger partial charge in [0.2, 0.25) is 15.9 Å². The summed E-state index contributed by atoms with van der Waals surface area (Å²) in [5, 5.41) is 2.83. The predicted octanol–water partition coefficient (Wildman–Crippen LogP) is 1.98. The van der Waals surface area contributed by atoms with E-state index in [1.165, 1.54) is 4.31 Å². The maximum absolute atomic E-state index is 12.5. The van der Waals surface area contributed by atoms with E-state index in [-0.39, 0.29) is 11.7 Å². The van der Waals surface area contributed by atoms with E-state index in [0.717, 1.165) is 5.56 Å². The smallest absolute Gasteiger partial charge is 0.242 e. The van der Waals surface area contributed by atoms with Gasteiger partial charge < -0.3 is 10.1 Å². The minimum absolute atomic E-state index is 0.0834. The zero-order valence-electron chi connectivity index (χ0n) is 13.6. The Balaban J connectivity index is 2.09. The second-order valence-electron chi connectivity index (χ2n) is 5.71. The van der Waals surface area contributed by atoms with Crippen molar-refractivity contribution in [1.82, 2.24) is 4.31 Å². The number of ether oxygens (including phenoxy) is 1. The number of hydrogen-bond acceptors (Lipinski definition) is 4. The van der Waals surface area contributed by atoms with Crippen molar-refractivity contribution in [3.63, 3.8) is 0 Å². The molecule has 1 fully saturated rings. The third-order valence-corrected chi connectivity index (χ3v) is 5.91. The number of benzene rings is 1. The molecule has 0 aromatic heterocycles. The molecule has 1 aromatic rings. The van der Waals surface area contributed by atoms with Crippen LogP contribution in [-0.2, 0) is 26.2 Å². The molecule has 1 aliphatic rings. The monoisotopic (exact) mass is 340 g/mol. The summed E-state index contributed by atoms with van der Waals surface area (Å²) < 4.78 is 31.0. The Morgan fingerprint density at radius 1 is 1.43 bits per heavy atom. The van der Waals surface area contributed by atoms with E-state index in [4.69, 9.17) is 4.74 Å². The van der Waals surface area contributed by atoms with Crippen LogP contribution in [0.25, 0.3) is 0 Å². The van der Waals surface area contributed by atoms with Crippen molar-refractivity contribution in [1.29, 1.82) is 0 Å². The molecule has 1 amide bonds. The van der Waals surface area contributed by atoms with Gasteiger partial charge in [-0.25, -0.2) is 8.42 Å². The first-order valence-electron chi connectivity index (χ1n) is 7.86. The number of sulfonamides is 1. The second kappa shape index (κ2) is 7.90. The summed E-state index contributed by atoms with van der Waals surface area (Å²) in [6.07, 6.45) is 1.82. The van der Waals surface area contributed by atoms with E-state index in [1.807, 2.05) is 25.1 Å². The van der Waals surface area contributed by atoms with Crippen LogP contribution in [0.15, 0.2) is 24.3 Å². The third-order valence-electron chi connectivity index (χ3n) is 3.83. The molecule has 1 atom stereocenters. The summed E-state index contributed by atoms with van der Waals surface area (Å²) in [4.78, 5) is 12.5. The molecule has 0 radical (unpaired) electrons. The number of hydrogen-bond donors (Lipinski definition) is 1. The summed E-state index contributed by atoms with van der Waals surface area (Å²) in [6, 6.07) is 6.76. The van der Waals surface area contributed by atoms with Crippen LogP contribution in [0.4, 0.5) is 5.69 Å². The molecule has 0 aliphatic carbocycles. The van der Waals surface area contributed by atoms with Crippen molar-refractivity contribution in [2.45, 2.75) is 38.8 Å². The lowest BCUT2D eigenvalue weighted by Crippen LogP contribution is -2.44. The van der Waals surface area contributed by atoms with Crippen LogP contribution < -0.4 is 5.32 Å². The fourth-order valence-electron chi connectivity index (χ4n) is 2.84. The molecule has 1 aromatic carbocycles. The quantitative estimate of drug-likeness (QED) is 0.823. The summed E-state index contributed by atoms with van der Waals surface area (Å²) in [6.45, 7) is 2.71. The lowest BCUT2D eigenvalue weighted by molar-refractivity contribution is -0.119. The van der Waals surface area contributed by atoms with Crippen molar-refractivity contribution in [2.24, 2.45) is 0 Å². The lowest BCUT2D eigenvalue weighted by Gasteiger charge is -2.23. The second-order valence-corrected chi connectivity index (χ2v) is 7.75. The zero-order chi connectivity index (χ0) is 16.9. The number of methoxy groups -OCH3 is 1. The highest BCUT2D eigenvalue weighted by Gasteiger charge is 2.38. The molecule has 2 rings (SSSR count). The van der Waals surface area contributed by atoms with Crippen molar-refractivity contribution < 1.29 is 17.9 Å². The number of rotatable bonds is 7. The van der Waals surface area contributed by atoms with Crippen LogP contribution >= 0.6 is 0 Å². The molecule has 128 valence electrons. The van der Waals surface area contributed by atoms with Gasteiger partial charge in [-0.1, -0.05) is 19.1 Å². The van der Waals surface area contributed by atoms with Crippen molar-refractivity contribution in [3.8, 4) is 0 Å². The third kappa shape index (κ3) is 4.53. The van der Waals surface area contributed by atoms with Crippen LogP contribution in [0.3, 0.4) is 0 Å². The van der Waals surface area contributed by atoms with Gasteiger partial charge in [-0.15, -0.1) is 0 Å². The van der Waals surface area contributed by atoms with Crippen LogP contribution in [0.1, 0.15) is 31.7 Å². The summed E-state index contributed by atoms with van der Waals surface area (Å²) in [5.41, 5.74) is 1.61. The van der Waals surface area contributed by atoms with Gasteiger partial charge in [0.15, 0.2) is 0 Å². The van der Waals surface area contributed by atoms with Crippen molar-refractivity contribution in [2.75, 3.05) is 24.7 Å². The first kappa shape index (κ1) is 17.9. The highest BCUT2D eigenvalue weighted by molar-refractivity contribution is 7.89. The fourth-order valence-corrected chi connectivity index (χ4v) is 4.59. The first-order chi connectivity index (χ1) is 11.0. The highest BCUT2D eigenvalue weighted by Crippen LogP contribution is 2.23. The molecular formula is C16H24N2O4S. The molecule has 0 saturated carbocycles. The summed E-state index contributed by atoms with van der Waals surface area (Å²) >= 11 is 0. The molecule has 7 heteroatoms. The Kier molecular flexibility index (Phi) is 6.15. The Labute approximate surface area is 137 Å². The lowest BCUT2D eigenvalue weighted by atomic mass is 10.2. The van der Waals surface area contributed by atoms with E-state index < -0.39 is 16.1 Å².